The van der Waals surface area contributed by atoms with E-state index >= 15 is 0 Å². The SMILES string of the molecule is c1ccc(-c2cccc(N3c4ccccc4B4c5ccccc5N(c5cccc(-c6ccccc6)c5)c5cc(C6CCCCC6)cc3c54)c2)cc1. The smallest absolute Gasteiger partial charge is 0.252 e. The van der Waals surface area contributed by atoms with E-state index in [9.17, 15) is 0 Å². The zero-order valence-corrected chi connectivity index (χ0v) is 28.8. The Bertz CT molecular complexity index is 2220. The van der Waals surface area contributed by atoms with Crippen LogP contribution in [0.15, 0.2) is 170 Å². The molecule has 1 saturated carbocycles. The highest BCUT2D eigenvalue weighted by Crippen LogP contribution is 2.47. The molecule has 7 aromatic rings. The average molecular weight is 655 g/mol. The maximum atomic E-state index is 2.57. The summed E-state index contributed by atoms with van der Waals surface area (Å²) in [5.41, 5.74) is 18.0. The van der Waals surface area contributed by atoms with Crippen LogP contribution in [0.2, 0.25) is 0 Å². The fourth-order valence-electron chi connectivity index (χ4n) is 9.06. The van der Waals surface area contributed by atoms with Crippen LogP contribution in [-0.4, -0.2) is 6.71 Å². The summed E-state index contributed by atoms with van der Waals surface area (Å²) in [7, 11) is 0. The molecule has 0 aromatic heterocycles. The Balaban J connectivity index is 1.25. The predicted octanol–water partition coefficient (Wildman–Crippen LogP) is 11.2. The molecule has 0 N–H and O–H groups in total. The molecule has 0 bridgehead atoms. The van der Waals surface area contributed by atoms with Crippen LogP contribution in [0.4, 0.5) is 34.1 Å². The highest BCUT2D eigenvalue weighted by atomic mass is 15.2. The lowest BCUT2D eigenvalue weighted by Crippen LogP contribution is -2.61. The van der Waals surface area contributed by atoms with Crippen molar-refractivity contribution >= 4 is 57.2 Å². The lowest BCUT2D eigenvalue weighted by molar-refractivity contribution is 0.444. The van der Waals surface area contributed by atoms with Crippen molar-refractivity contribution in [1.29, 1.82) is 0 Å². The molecule has 0 atom stereocenters. The first-order chi connectivity index (χ1) is 25.3. The molecule has 2 aliphatic heterocycles. The molecule has 7 aromatic carbocycles. The lowest BCUT2D eigenvalue weighted by atomic mass is 9.33. The molecule has 2 nitrogen and oxygen atoms in total. The van der Waals surface area contributed by atoms with Gasteiger partial charge in [-0.15, -0.1) is 0 Å². The molecule has 0 radical (unpaired) electrons. The monoisotopic (exact) mass is 654 g/mol. The van der Waals surface area contributed by atoms with E-state index in [1.807, 2.05) is 0 Å². The summed E-state index contributed by atoms with van der Waals surface area (Å²) in [5.74, 6) is 0.558. The number of para-hydroxylation sites is 2. The molecule has 0 spiro atoms. The molecular formula is C48H39BN2. The van der Waals surface area contributed by atoms with Gasteiger partial charge in [0, 0.05) is 34.1 Å². The van der Waals surface area contributed by atoms with Gasteiger partial charge in [-0.05, 0) is 111 Å². The number of anilines is 6. The van der Waals surface area contributed by atoms with Crippen molar-refractivity contribution < 1.29 is 0 Å². The van der Waals surface area contributed by atoms with E-state index in [0.717, 1.165) is 0 Å². The Morgan fingerprint density at radius 3 is 1.35 bits per heavy atom. The summed E-state index contributed by atoms with van der Waals surface area (Å²) in [6, 6.07) is 63.2. The van der Waals surface area contributed by atoms with Gasteiger partial charge in [0.2, 0.25) is 0 Å². The van der Waals surface area contributed by atoms with E-state index in [-0.39, 0.29) is 6.71 Å². The van der Waals surface area contributed by atoms with Crippen molar-refractivity contribution in [2.45, 2.75) is 38.0 Å². The molecule has 51 heavy (non-hydrogen) atoms. The van der Waals surface area contributed by atoms with Gasteiger partial charge in [0.1, 0.15) is 0 Å². The first kappa shape index (κ1) is 30.1. The van der Waals surface area contributed by atoms with E-state index in [4.69, 9.17) is 0 Å². The third-order valence-electron chi connectivity index (χ3n) is 11.4. The quantitative estimate of drug-likeness (QED) is 0.170. The van der Waals surface area contributed by atoms with Crippen molar-refractivity contribution in [3.63, 3.8) is 0 Å². The summed E-state index contributed by atoms with van der Waals surface area (Å²) >= 11 is 0. The van der Waals surface area contributed by atoms with Crippen LogP contribution < -0.4 is 26.2 Å². The summed E-state index contributed by atoms with van der Waals surface area (Å²) < 4.78 is 0. The number of fused-ring (bicyclic) bond motifs is 4. The first-order valence-electron chi connectivity index (χ1n) is 18.6. The van der Waals surface area contributed by atoms with Crippen molar-refractivity contribution in [1.82, 2.24) is 0 Å². The topological polar surface area (TPSA) is 6.48 Å². The second-order valence-electron chi connectivity index (χ2n) is 14.4. The van der Waals surface area contributed by atoms with E-state index in [1.165, 1.54) is 110 Å². The number of rotatable bonds is 5. The van der Waals surface area contributed by atoms with Gasteiger partial charge in [-0.1, -0.05) is 141 Å². The van der Waals surface area contributed by atoms with Gasteiger partial charge in [-0.25, -0.2) is 0 Å². The van der Waals surface area contributed by atoms with Gasteiger partial charge in [0.05, 0.1) is 0 Å². The number of hydrogen-bond donors (Lipinski definition) is 0. The average Bonchev–Trinajstić information content (AvgIpc) is 3.21. The van der Waals surface area contributed by atoms with Crippen molar-refractivity contribution in [2.24, 2.45) is 0 Å². The zero-order chi connectivity index (χ0) is 33.7. The Labute approximate surface area is 301 Å². The van der Waals surface area contributed by atoms with Crippen LogP contribution in [0, 0.1) is 0 Å². The van der Waals surface area contributed by atoms with E-state index in [2.05, 4.69) is 180 Å². The summed E-state index contributed by atoms with van der Waals surface area (Å²) in [6.07, 6.45) is 6.45. The number of nitrogens with zero attached hydrogens (tertiary/aromatic N) is 2. The fourth-order valence-corrected chi connectivity index (χ4v) is 9.06. The standard InChI is InChI=1S/C48H39BN2/c1-4-16-34(17-5-1)37-22-14-24-40(30-37)50-44-28-12-10-26-42(44)49-43-27-11-13-29-45(43)51(41-25-15-23-38(31-41)35-18-6-2-7-19-35)47-33-39(32-46(50)48(47)49)36-20-8-3-9-21-36/h1-2,4-7,10-19,22-33,36H,3,8-9,20-21H2. The maximum Gasteiger partial charge on any atom is 0.252 e. The van der Waals surface area contributed by atoms with Gasteiger partial charge >= 0.3 is 0 Å². The first-order valence-corrected chi connectivity index (χ1v) is 18.6. The Hall–Kier alpha value is -5.80. The Kier molecular flexibility index (Phi) is 7.38. The predicted molar refractivity (Wildman–Crippen MR) is 217 cm³/mol. The largest absolute Gasteiger partial charge is 0.311 e. The van der Waals surface area contributed by atoms with E-state index in [0.29, 0.717) is 5.92 Å². The van der Waals surface area contributed by atoms with Gasteiger partial charge in [-0.2, -0.15) is 0 Å². The Morgan fingerprint density at radius 1 is 0.392 bits per heavy atom. The van der Waals surface area contributed by atoms with Gasteiger partial charge in [0.15, 0.2) is 0 Å². The molecule has 0 amide bonds. The molecular weight excluding hydrogens is 615 g/mol. The fraction of sp³-hybridized carbons (Fsp3) is 0.125. The minimum atomic E-state index is 0.130. The Morgan fingerprint density at radius 2 is 0.843 bits per heavy atom. The van der Waals surface area contributed by atoms with Crippen LogP contribution in [0.3, 0.4) is 0 Å². The second-order valence-corrected chi connectivity index (χ2v) is 14.4. The zero-order valence-electron chi connectivity index (χ0n) is 28.8. The van der Waals surface area contributed by atoms with Gasteiger partial charge < -0.3 is 9.80 Å². The molecule has 0 saturated heterocycles. The van der Waals surface area contributed by atoms with E-state index in [1.54, 1.807) is 0 Å². The molecule has 3 aliphatic rings. The third-order valence-corrected chi connectivity index (χ3v) is 11.4. The van der Waals surface area contributed by atoms with E-state index < -0.39 is 0 Å². The van der Waals surface area contributed by atoms with Crippen LogP contribution in [0.1, 0.15) is 43.6 Å². The van der Waals surface area contributed by atoms with Crippen molar-refractivity contribution in [3.8, 4) is 22.3 Å². The molecule has 10 rings (SSSR count). The number of benzene rings is 7. The lowest BCUT2D eigenvalue weighted by Gasteiger charge is -2.45. The highest BCUT2D eigenvalue weighted by Gasteiger charge is 2.43. The summed E-state index contributed by atoms with van der Waals surface area (Å²) in [5, 5.41) is 0. The highest BCUT2D eigenvalue weighted by molar-refractivity contribution is 7.00. The molecule has 2 heterocycles. The minimum absolute atomic E-state index is 0.130. The molecule has 0 unspecified atom stereocenters. The minimum Gasteiger partial charge on any atom is -0.311 e. The summed E-state index contributed by atoms with van der Waals surface area (Å²) in [6.45, 7) is 0.130. The van der Waals surface area contributed by atoms with Crippen molar-refractivity contribution in [2.75, 3.05) is 9.80 Å². The van der Waals surface area contributed by atoms with Gasteiger partial charge in [0.25, 0.3) is 6.71 Å². The van der Waals surface area contributed by atoms with Crippen molar-refractivity contribution in [3.05, 3.63) is 175 Å². The summed E-state index contributed by atoms with van der Waals surface area (Å²) in [4.78, 5) is 5.13. The maximum absolute atomic E-state index is 2.57. The van der Waals surface area contributed by atoms with Crippen LogP contribution in [-0.2, 0) is 0 Å². The third kappa shape index (κ3) is 5.10. The van der Waals surface area contributed by atoms with Gasteiger partial charge in [-0.3, -0.25) is 0 Å². The molecule has 1 aliphatic carbocycles. The normalized spacial score (nSPS) is 14.9. The van der Waals surface area contributed by atoms with Crippen LogP contribution in [0.25, 0.3) is 22.3 Å². The molecule has 244 valence electrons. The molecule has 3 heteroatoms. The van der Waals surface area contributed by atoms with Crippen LogP contribution in [0.5, 0.6) is 0 Å². The number of hydrogen-bond acceptors (Lipinski definition) is 2. The molecule has 1 fully saturated rings. The second kappa shape index (κ2) is 12.5. The van der Waals surface area contributed by atoms with Crippen LogP contribution >= 0.6 is 0 Å².